The Morgan fingerprint density at radius 2 is 2.17 bits per heavy atom. The summed E-state index contributed by atoms with van der Waals surface area (Å²) in [6.45, 7) is 5.26. The van der Waals surface area contributed by atoms with E-state index in [0.717, 1.165) is 38.0 Å². The van der Waals surface area contributed by atoms with Crippen LogP contribution < -0.4 is 0 Å². The van der Waals surface area contributed by atoms with Crippen LogP contribution in [-0.4, -0.2) is 37.5 Å². The standard InChI is InChI=1S/C15H20F3N5/c1-2-23-7-5-19-13(23)10-22-6-3-4-11(9-22)14-20-8-12(21-14)15(16,17)18/h5,7-8,11H,2-4,6,9-10H2,1H3,(H,20,21). The molecule has 5 nitrogen and oxygen atoms in total. The molecule has 0 aromatic carbocycles. The lowest BCUT2D eigenvalue weighted by atomic mass is 9.97. The van der Waals surface area contributed by atoms with Gasteiger partial charge in [0.25, 0.3) is 0 Å². The van der Waals surface area contributed by atoms with Crippen LogP contribution in [0.25, 0.3) is 0 Å². The van der Waals surface area contributed by atoms with Crippen LogP contribution in [-0.2, 0) is 19.3 Å². The number of nitrogens with one attached hydrogen (secondary N) is 1. The molecule has 2 aromatic heterocycles. The van der Waals surface area contributed by atoms with Gasteiger partial charge in [0.05, 0.1) is 12.7 Å². The van der Waals surface area contributed by atoms with Gasteiger partial charge < -0.3 is 9.55 Å². The molecule has 0 radical (unpaired) electrons. The number of imidazole rings is 2. The van der Waals surface area contributed by atoms with Crippen LogP contribution in [0.2, 0.25) is 0 Å². The van der Waals surface area contributed by atoms with Crippen molar-refractivity contribution in [2.45, 2.75) is 44.9 Å². The smallest absolute Gasteiger partial charge is 0.338 e. The highest BCUT2D eigenvalue weighted by Crippen LogP contribution is 2.31. The first-order valence-electron chi connectivity index (χ1n) is 7.82. The first-order valence-corrected chi connectivity index (χ1v) is 7.82. The Kier molecular flexibility index (Phi) is 4.43. The summed E-state index contributed by atoms with van der Waals surface area (Å²) >= 11 is 0. The van der Waals surface area contributed by atoms with Gasteiger partial charge in [-0.2, -0.15) is 13.2 Å². The Labute approximate surface area is 132 Å². The Hall–Kier alpha value is -1.83. The van der Waals surface area contributed by atoms with Gasteiger partial charge in [0.1, 0.15) is 17.3 Å². The van der Waals surface area contributed by atoms with Gasteiger partial charge >= 0.3 is 6.18 Å². The molecule has 0 spiro atoms. The second-order valence-corrected chi connectivity index (χ2v) is 5.88. The normalized spacial score (nSPS) is 20.1. The lowest BCUT2D eigenvalue weighted by molar-refractivity contribution is -0.141. The zero-order valence-electron chi connectivity index (χ0n) is 13.0. The third-order valence-corrected chi connectivity index (χ3v) is 4.30. The molecule has 2 aromatic rings. The number of likely N-dealkylation sites (tertiary alicyclic amines) is 1. The van der Waals surface area contributed by atoms with Crippen molar-refractivity contribution in [1.29, 1.82) is 0 Å². The monoisotopic (exact) mass is 327 g/mol. The molecule has 1 saturated heterocycles. The van der Waals surface area contributed by atoms with Crippen LogP contribution in [0.15, 0.2) is 18.6 Å². The molecule has 23 heavy (non-hydrogen) atoms. The van der Waals surface area contributed by atoms with Crippen molar-refractivity contribution in [2.75, 3.05) is 13.1 Å². The summed E-state index contributed by atoms with van der Waals surface area (Å²) in [5.74, 6) is 1.43. The van der Waals surface area contributed by atoms with Crippen molar-refractivity contribution in [3.8, 4) is 0 Å². The minimum atomic E-state index is -4.37. The van der Waals surface area contributed by atoms with Crippen molar-refractivity contribution in [1.82, 2.24) is 24.4 Å². The van der Waals surface area contributed by atoms with Gasteiger partial charge in [-0.1, -0.05) is 0 Å². The Morgan fingerprint density at radius 1 is 1.35 bits per heavy atom. The van der Waals surface area contributed by atoms with E-state index in [1.807, 2.05) is 6.20 Å². The molecule has 0 aliphatic carbocycles. The SMILES string of the molecule is CCn1ccnc1CN1CCCC(c2ncc(C(F)(F)F)[nH]2)C1. The molecule has 0 saturated carbocycles. The second-order valence-electron chi connectivity index (χ2n) is 5.88. The third-order valence-electron chi connectivity index (χ3n) is 4.30. The van der Waals surface area contributed by atoms with E-state index in [-0.39, 0.29) is 5.92 Å². The Balaban J connectivity index is 1.67. The average molecular weight is 327 g/mol. The van der Waals surface area contributed by atoms with Crippen molar-refractivity contribution >= 4 is 0 Å². The largest absolute Gasteiger partial charge is 0.432 e. The highest BCUT2D eigenvalue weighted by molar-refractivity contribution is 5.10. The number of halogens is 3. The number of hydrogen-bond donors (Lipinski definition) is 1. The van der Waals surface area contributed by atoms with E-state index in [2.05, 4.69) is 31.3 Å². The predicted octanol–water partition coefficient (Wildman–Crippen LogP) is 3.02. The Bertz CT molecular complexity index is 646. The molecule has 126 valence electrons. The van der Waals surface area contributed by atoms with E-state index >= 15 is 0 Å². The van der Waals surface area contributed by atoms with Crippen LogP contribution in [0.4, 0.5) is 13.2 Å². The number of alkyl halides is 3. The maximum atomic E-state index is 12.7. The summed E-state index contributed by atoms with van der Waals surface area (Å²) in [6, 6.07) is 0. The van der Waals surface area contributed by atoms with E-state index in [0.29, 0.717) is 18.9 Å². The number of rotatable bonds is 4. The molecule has 1 N–H and O–H groups in total. The van der Waals surface area contributed by atoms with Crippen LogP contribution >= 0.6 is 0 Å². The zero-order chi connectivity index (χ0) is 16.4. The second kappa shape index (κ2) is 6.35. The fraction of sp³-hybridized carbons (Fsp3) is 0.600. The van der Waals surface area contributed by atoms with Gasteiger partial charge in [-0.15, -0.1) is 0 Å². The summed E-state index contributed by atoms with van der Waals surface area (Å²) in [5, 5.41) is 0. The highest BCUT2D eigenvalue weighted by atomic mass is 19.4. The number of aromatic amines is 1. The highest BCUT2D eigenvalue weighted by Gasteiger charge is 2.34. The van der Waals surface area contributed by atoms with Crippen molar-refractivity contribution in [3.63, 3.8) is 0 Å². The van der Waals surface area contributed by atoms with Crippen molar-refractivity contribution in [3.05, 3.63) is 35.9 Å². The summed E-state index contributed by atoms with van der Waals surface area (Å²) in [7, 11) is 0. The Morgan fingerprint density at radius 3 is 2.87 bits per heavy atom. The van der Waals surface area contributed by atoms with Crippen LogP contribution in [0.3, 0.4) is 0 Å². The molecule has 1 aliphatic heterocycles. The zero-order valence-corrected chi connectivity index (χ0v) is 13.0. The van der Waals surface area contributed by atoms with Gasteiger partial charge in [0, 0.05) is 31.4 Å². The molecule has 3 rings (SSSR count). The molecular weight excluding hydrogens is 307 g/mol. The maximum absolute atomic E-state index is 12.7. The molecule has 0 amide bonds. The molecule has 1 aliphatic rings. The molecule has 1 unspecified atom stereocenters. The van der Waals surface area contributed by atoms with Gasteiger partial charge in [0.2, 0.25) is 0 Å². The van der Waals surface area contributed by atoms with Gasteiger partial charge in [-0.25, -0.2) is 9.97 Å². The molecule has 3 heterocycles. The van der Waals surface area contributed by atoms with Crippen LogP contribution in [0, 0.1) is 0 Å². The quantitative estimate of drug-likeness (QED) is 0.939. The lowest BCUT2D eigenvalue weighted by Gasteiger charge is -2.31. The summed E-state index contributed by atoms with van der Waals surface area (Å²) in [6.07, 6.45) is 2.04. The lowest BCUT2D eigenvalue weighted by Crippen LogP contribution is -2.35. The number of aromatic nitrogens is 4. The van der Waals surface area contributed by atoms with Crippen LogP contribution in [0.1, 0.15) is 43.0 Å². The van der Waals surface area contributed by atoms with E-state index in [1.165, 1.54) is 0 Å². The first kappa shape index (κ1) is 16.0. The number of aryl methyl sites for hydroxylation is 1. The number of nitrogens with zero attached hydrogens (tertiary/aromatic N) is 4. The van der Waals surface area contributed by atoms with E-state index in [1.54, 1.807) is 6.20 Å². The fourth-order valence-electron chi connectivity index (χ4n) is 3.09. The minimum Gasteiger partial charge on any atom is -0.338 e. The van der Waals surface area contributed by atoms with Gasteiger partial charge in [0.15, 0.2) is 0 Å². The van der Waals surface area contributed by atoms with Crippen molar-refractivity contribution < 1.29 is 13.2 Å². The summed E-state index contributed by atoms with van der Waals surface area (Å²) < 4.78 is 40.1. The molecule has 1 atom stereocenters. The number of piperidine rings is 1. The summed E-state index contributed by atoms with van der Waals surface area (Å²) in [5.41, 5.74) is -0.772. The first-order chi connectivity index (χ1) is 11.0. The molecule has 1 fully saturated rings. The topological polar surface area (TPSA) is 49.7 Å². The predicted molar refractivity (Wildman–Crippen MR) is 78.7 cm³/mol. The average Bonchev–Trinajstić information content (AvgIpc) is 3.16. The molecule has 0 bridgehead atoms. The third kappa shape index (κ3) is 3.57. The molecular formula is C15H20F3N5. The number of hydrogen-bond acceptors (Lipinski definition) is 3. The number of H-pyrrole nitrogens is 1. The summed E-state index contributed by atoms with van der Waals surface area (Å²) in [4.78, 5) is 13.0. The van der Waals surface area contributed by atoms with E-state index in [9.17, 15) is 13.2 Å². The van der Waals surface area contributed by atoms with Crippen molar-refractivity contribution in [2.24, 2.45) is 0 Å². The van der Waals surface area contributed by atoms with Gasteiger partial charge in [-0.3, -0.25) is 4.90 Å². The van der Waals surface area contributed by atoms with Gasteiger partial charge in [-0.05, 0) is 26.3 Å². The minimum absolute atomic E-state index is 0.00453. The maximum Gasteiger partial charge on any atom is 0.432 e. The van der Waals surface area contributed by atoms with Crippen LogP contribution in [0.5, 0.6) is 0 Å². The van der Waals surface area contributed by atoms with E-state index < -0.39 is 11.9 Å². The molecule has 8 heteroatoms. The fourth-order valence-corrected chi connectivity index (χ4v) is 3.09. The van der Waals surface area contributed by atoms with E-state index in [4.69, 9.17) is 0 Å².